The predicted octanol–water partition coefficient (Wildman–Crippen LogP) is 2.10. The number of hydrogen-bond donors (Lipinski definition) is 3. The summed E-state index contributed by atoms with van der Waals surface area (Å²) < 4.78 is 22.4. The molecule has 2 aromatic carbocycles. The van der Waals surface area contributed by atoms with E-state index >= 15 is 0 Å². The highest BCUT2D eigenvalue weighted by molar-refractivity contribution is 7.89. The Morgan fingerprint density at radius 3 is 2.38 bits per heavy atom. The molecule has 4 N–H and O–H groups in total. The van der Waals surface area contributed by atoms with Crippen molar-refractivity contribution < 1.29 is 13.2 Å². The highest BCUT2D eigenvalue weighted by Gasteiger charge is 2.14. The first-order valence-corrected chi connectivity index (χ1v) is 9.10. The van der Waals surface area contributed by atoms with Crippen LogP contribution in [0.25, 0.3) is 0 Å². The van der Waals surface area contributed by atoms with E-state index in [1.54, 1.807) is 13.0 Å². The van der Waals surface area contributed by atoms with Crippen LogP contribution in [0.1, 0.15) is 12.5 Å². The number of anilines is 1. The van der Waals surface area contributed by atoms with Crippen LogP contribution in [-0.4, -0.2) is 20.4 Å². The number of nitrogens with two attached hydrogens (primary N) is 1. The Morgan fingerprint density at radius 2 is 1.79 bits per heavy atom. The number of nitrogens with one attached hydrogen (secondary N) is 2. The Morgan fingerprint density at radius 1 is 1.17 bits per heavy atom. The number of halogens is 1. The number of carbonyl (C=O) groups excluding carboxylic acids is 1. The summed E-state index contributed by atoms with van der Waals surface area (Å²) in [4.78, 5) is 12.1. The maximum absolute atomic E-state index is 12.2. The van der Waals surface area contributed by atoms with Crippen LogP contribution in [0.15, 0.2) is 53.4 Å². The van der Waals surface area contributed by atoms with Crippen molar-refractivity contribution in [2.24, 2.45) is 5.14 Å². The Balaban J connectivity index is 1.93. The quantitative estimate of drug-likeness (QED) is 0.727. The fourth-order valence-corrected chi connectivity index (χ4v) is 2.69. The van der Waals surface area contributed by atoms with Gasteiger partial charge < -0.3 is 10.6 Å². The van der Waals surface area contributed by atoms with Crippen molar-refractivity contribution in [2.45, 2.75) is 24.4 Å². The second kappa shape index (κ2) is 7.76. The van der Waals surface area contributed by atoms with Gasteiger partial charge in [0.25, 0.3) is 0 Å². The van der Waals surface area contributed by atoms with E-state index < -0.39 is 16.1 Å². The molecule has 1 amide bonds. The van der Waals surface area contributed by atoms with Gasteiger partial charge in [-0.2, -0.15) is 0 Å². The van der Waals surface area contributed by atoms with E-state index in [0.717, 1.165) is 5.56 Å². The third-order valence-corrected chi connectivity index (χ3v) is 4.70. The van der Waals surface area contributed by atoms with Crippen molar-refractivity contribution in [2.75, 3.05) is 5.32 Å². The molecule has 0 saturated carbocycles. The van der Waals surface area contributed by atoms with Crippen LogP contribution in [0.5, 0.6) is 0 Å². The van der Waals surface area contributed by atoms with Crippen molar-refractivity contribution in [1.29, 1.82) is 0 Å². The fraction of sp³-hybridized carbons (Fsp3) is 0.188. The molecule has 0 heterocycles. The van der Waals surface area contributed by atoms with E-state index in [9.17, 15) is 13.2 Å². The van der Waals surface area contributed by atoms with Crippen molar-refractivity contribution in [3.8, 4) is 0 Å². The Bertz CT molecular complexity index is 823. The molecule has 0 spiro atoms. The standard InChI is InChI=1S/C16H18ClN3O3S/c1-11(19-10-12-4-2-3-5-15(12)17)16(21)20-13-6-8-14(9-7-13)24(18,22)23/h2-9,11,19H,10H2,1H3,(H,20,21)(H2,18,22,23)/t11-/m1/s1. The van der Waals surface area contributed by atoms with Crippen LogP contribution in [0.3, 0.4) is 0 Å². The number of rotatable bonds is 6. The van der Waals surface area contributed by atoms with Crippen LogP contribution < -0.4 is 15.8 Å². The summed E-state index contributed by atoms with van der Waals surface area (Å²) in [6.45, 7) is 2.18. The number of amides is 1. The van der Waals surface area contributed by atoms with Crippen molar-refractivity contribution in [3.63, 3.8) is 0 Å². The van der Waals surface area contributed by atoms with Gasteiger partial charge in [-0.05, 0) is 42.8 Å². The summed E-state index contributed by atoms with van der Waals surface area (Å²) >= 11 is 6.07. The van der Waals surface area contributed by atoms with E-state index in [0.29, 0.717) is 17.3 Å². The van der Waals surface area contributed by atoms with Gasteiger partial charge in [0.1, 0.15) is 0 Å². The number of sulfonamides is 1. The molecule has 0 aromatic heterocycles. The van der Waals surface area contributed by atoms with Crippen LogP contribution in [-0.2, 0) is 21.4 Å². The number of benzene rings is 2. The normalized spacial score (nSPS) is 12.6. The van der Waals surface area contributed by atoms with Gasteiger partial charge in [-0.15, -0.1) is 0 Å². The lowest BCUT2D eigenvalue weighted by molar-refractivity contribution is -0.117. The monoisotopic (exact) mass is 367 g/mol. The fourth-order valence-electron chi connectivity index (χ4n) is 1.98. The summed E-state index contributed by atoms with van der Waals surface area (Å²) in [5, 5.41) is 11.4. The minimum absolute atomic E-state index is 0.00890. The molecule has 128 valence electrons. The van der Waals surface area contributed by atoms with E-state index in [1.807, 2.05) is 18.2 Å². The lowest BCUT2D eigenvalue weighted by Gasteiger charge is -2.15. The third kappa shape index (κ3) is 5.04. The molecule has 2 rings (SSSR count). The Kier molecular flexibility index (Phi) is 5.95. The first kappa shape index (κ1) is 18.4. The predicted molar refractivity (Wildman–Crippen MR) is 94.2 cm³/mol. The van der Waals surface area contributed by atoms with Gasteiger partial charge in [0.15, 0.2) is 0 Å². The van der Waals surface area contributed by atoms with Crippen molar-refractivity contribution in [3.05, 3.63) is 59.1 Å². The summed E-state index contributed by atoms with van der Waals surface area (Å²) in [5.41, 5.74) is 1.38. The van der Waals surface area contributed by atoms with Gasteiger partial charge in [-0.3, -0.25) is 4.79 Å². The average molecular weight is 368 g/mol. The zero-order chi connectivity index (χ0) is 17.7. The summed E-state index contributed by atoms with van der Waals surface area (Å²) in [6.07, 6.45) is 0. The van der Waals surface area contributed by atoms with Gasteiger partial charge >= 0.3 is 0 Å². The SMILES string of the molecule is C[C@@H](NCc1ccccc1Cl)C(=O)Nc1ccc(S(N)(=O)=O)cc1. The zero-order valence-electron chi connectivity index (χ0n) is 13.0. The highest BCUT2D eigenvalue weighted by Crippen LogP contribution is 2.15. The average Bonchev–Trinajstić information content (AvgIpc) is 2.53. The second-order valence-corrected chi connectivity index (χ2v) is 7.22. The number of hydrogen-bond acceptors (Lipinski definition) is 4. The van der Waals surface area contributed by atoms with Crippen molar-refractivity contribution in [1.82, 2.24) is 5.32 Å². The summed E-state index contributed by atoms with van der Waals surface area (Å²) in [5.74, 6) is -0.245. The van der Waals surface area contributed by atoms with Crippen LogP contribution in [0, 0.1) is 0 Å². The van der Waals surface area contributed by atoms with E-state index in [4.69, 9.17) is 16.7 Å². The van der Waals surface area contributed by atoms with Gasteiger partial charge in [-0.1, -0.05) is 29.8 Å². The molecule has 0 saturated heterocycles. The van der Waals surface area contributed by atoms with E-state index in [1.165, 1.54) is 24.3 Å². The lowest BCUT2D eigenvalue weighted by Crippen LogP contribution is -2.37. The molecular formula is C16H18ClN3O3S. The molecule has 2 aromatic rings. The molecule has 0 fully saturated rings. The summed E-state index contributed by atoms with van der Waals surface area (Å²) in [6, 6.07) is 12.6. The maximum Gasteiger partial charge on any atom is 0.241 e. The molecule has 0 aliphatic heterocycles. The molecule has 6 nitrogen and oxygen atoms in total. The first-order valence-electron chi connectivity index (χ1n) is 7.18. The maximum atomic E-state index is 12.2. The van der Waals surface area contributed by atoms with Crippen LogP contribution in [0.4, 0.5) is 5.69 Å². The molecule has 0 bridgehead atoms. The largest absolute Gasteiger partial charge is 0.325 e. The topological polar surface area (TPSA) is 101 Å². The molecule has 0 aliphatic rings. The molecule has 8 heteroatoms. The minimum Gasteiger partial charge on any atom is -0.325 e. The zero-order valence-corrected chi connectivity index (χ0v) is 14.6. The molecule has 0 unspecified atom stereocenters. The molecule has 0 radical (unpaired) electrons. The minimum atomic E-state index is -3.75. The van der Waals surface area contributed by atoms with Crippen LogP contribution >= 0.6 is 11.6 Å². The lowest BCUT2D eigenvalue weighted by atomic mass is 10.2. The molecule has 1 atom stereocenters. The first-order chi connectivity index (χ1) is 11.3. The summed E-state index contributed by atoms with van der Waals surface area (Å²) in [7, 11) is -3.75. The van der Waals surface area contributed by atoms with Gasteiger partial charge in [0.05, 0.1) is 10.9 Å². The van der Waals surface area contributed by atoms with Gasteiger partial charge in [0, 0.05) is 17.3 Å². The second-order valence-electron chi connectivity index (χ2n) is 5.25. The molecule has 24 heavy (non-hydrogen) atoms. The molecule has 0 aliphatic carbocycles. The third-order valence-electron chi connectivity index (χ3n) is 3.40. The molecular weight excluding hydrogens is 350 g/mol. The van der Waals surface area contributed by atoms with Gasteiger partial charge in [-0.25, -0.2) is 13.6 Å². The van der Waals surface area contributed by atoms with Gasteiger partial charge in [0.2, 0.25) is 15.9 Å². The number of carbonyl (C=O) groups is 1. The van der Waals surface area contributed by atoms with Crippen molar-refractivity contribution >= 4 is 33.2 Å². The Hall–Kier alpha value is -1.93. The number of primary sulfonamides is 1. The van der Waals surface area contributed by atoms with E-state index in [-0.39, 0.29) is 10.8 Å². The highest BCUT2D eigenvalue weighted by atomic mass is 35.5. The van der Waals surface area contributed by atoms with Crippen LogP contribution in [0.2, 0.25) is 5.02 Å². The van der Waals surface area contributed by atoms with E-state index in [2.05, 4.69) is 10.6 Å². The smallest absolute Gasteiger partial charge is 0.241 e. The Labute approximate surface area is 146 Å².